The predicted octanol–water partition coefficient (Wildman–Crippen LogP) is 5.94. The molecule has 1 aromatic rings. The third kappa shape index (κ3) is 6.50. The number of aliphatic hydroxyl groups is 1. The number of hydrogen-bond donors (Lipinski definition) is 1. The van der Waals surface area contributed by atoms with Crippen LogP contribution in [-0.4, -0.2) is 30.4 Å². The third-order valence-electron chi connectivity index (χ3n) is 4.21. The molecule has 0 saturated carbocycles. The van der Waals surface area contributed by atoms with Gasteiger partial charge in [-0.15, -0.1) is 0 Å². The fourth-order valence-corrected chi connectivity index (χ4v) is 2.79. The zero-order valence-electron chi connectivity index (χ0n) is 16.7. The lowest BCUT2D eigenvalue weighted by molar-refractivity contribution is -0.0259. The van der Waals surface area contributed by atoms with Crippen LogP contribution in [0.15, 0.2) is 71.1 Å². The van der Waals surface area contributed by atoms with Crippen LogP contribution < -0.4 is 4.74 Å². The Morgan fingerprint density at radius 2 is 2.11 bits per heavy atom. The van der Waals surface area contributed by atoms with Crippen molar-refractivity contribution in [3.63, 3.8) is 0 Å². The van der Waals surface area contributed by atoms with Gasteiger partial charge in [0, 0.05) is 43.0 Å². The van der Waals surface area contributed by atoms with Crippen LogP contribution in [0.3, 0.4) is 0 Å². The molecule has 150 valence electrons. The number of nitrogens with zero attached hydrogens (tertiary/aromatic N) is 1. The summed E-state index contributed by atoms with van der Waals surface area (Å²) in [5.41, 5.74) is 3.42. The molecule has 0 heterocycles. The van der Waals surface area contributed by atoms with Gasteiger partial charge in [-0.2, -0.15) is 4.39 Å². The van der Waals surface area contributed by atoms with E-state index in [1.54, 1.807) is 30.6 Å². The van der Waals surface area contributed by atoms with Gasteiger partial charge < -0.3 is 14.6 Å². The predicted molar refractivity (Wildman–Crippen MR) is 112 cm³/mol. The van der Waals surface area contributed by atoms with Gasteiger partial charge in [-0.3, -0.25) is 4.99 Å². The number of allylic oxidation sites excluding steroid dienone is 4. The number of rotatable bonds is 9. The molecule has 5 heteroatoms. The van der Waals surface area contributed by atoms with Crippen molar-refractivity contribution in [2.24, 2.45) is 4.99 Å². The van der Waals surface area contributed by atoms with Gasteiger partial charge in [-0.25, -0.2) is 0 Å². The van der Waals surface area contributed by atoms with Gasteiger partial charge >= 0.3 is 0 Å². The summed E-state index contributed by atoms with van der Waals surface area (Å²) in [5.74, 6) is -1.05. The second kappa shape index (κ2) is 10.0. The van der Waals surface area contributed by atoms with Gasteiger partial charge in [0.1, 0.15) is 11.5 Å². The van der Waals surface area contributed by atoms with Crippen molar-refractivity contribution in [2.45, 2.75) is 39.5 Å². The van der Waals surface area contributed by atoms with Crippen LogP contribution in [0.2, 0.25) is 0 Å². The second-order valence-electron chi connectivity index (χ2n) is 6.98. The van der Waals surface area contributed by atoms with Gasteiger partial charge in [-0.1, -0.05) is 36.4 Å². The quantitative estimate of drug-likeness (QED) is 0.325. The van der Waals surface area contributed by atoms with Crippen LogP contribution >= 0.6 is 0 Å². The Kier molecular flexibility index (Phi) is 7.76. The Morgan fingerprint density at radius 1 is 1.36 bits per heavy atom. The van der Waals surface area contributed by atoms with Crippen molar-refractivity contribution in [3.8, 4) is 5.75 Å². The Morgan fingerprint density at radius 3 is 2.79 bits per heavy atom. The number of alkyl halides is 1. The molecule has 0 saturated heterocycles. The second-order valence-corrected chi connectivity index (χ2v) is 6.98. The number of halogens is 1. The highest BCUT2D eigenvalue weighted by molar-refractivity contribution is 5.78. The maximum atomic E-state index is 13.9. The molecule has 0 aliphatic heterocycles. The lowest BCUT2D eigenvalue weighted by Gasteiger charge is -2.19. The largest absolute Gasteiger partial charge is 0.508 e. The molecular weight excluding hydrogens is 357 g/mol. The van der Waals surface area contributed by atoms with Gasteiger partial charge in [0.15, 0.2) is 0 Å². The summed E-state index contributed by atoms with van der Waals surface area (Å²) >= 11 is 0. The zero-order chi connectivity index (χ0) is 20.6. The van der Waals surface area contributed by atoms with E-state index in [1.165, 1.54) is 13.8 Å². The van der Waals surface area contributed by atoms with Crippen molar-refractivity contribution >= 4 is 11.8 Å². The van der Waals surface area contributed by atoms with E-state index in [0.717, 1.165) is 24.0 Å². The van der Waals surface area contributed by atoms with Gasteiger partial charge in [0.25, 0.3) is 0 Å². The first-order valence-corrected chi connectivity index (χ1v) is 9.29. The van der Waals surface area contributed by atoms with E-state index in [9.17, 15) is 9.50 Å². The standard InChI is InChI=1S/C23H28FNO3/c1-5-18(19-10-6-7-12-22(19)28-23(3,4)24)15-25-13-14-27-16-20-17(2)9-8-11-21(20)26/h5-7,10-13,15,26H,1,8-9,14,16H2,2-4H3/b18-15+,25-13-. The summed E-state index contributed by atoms with van der Waals surface area (Å²) in [5, 5.41) is 9.91. The lowest BCUT2D eigenvalue weighted by Crippen LogP contribution is -2.21. The number of benzene rings is 1. The van der Waals surface area contributed by atoms with Gasteiger partial charge in [0.05, 0.1) is 13.2 Å². The lowest BCUT2D eigenvalue weighted by atomic mass is 9.98. The molecule has 0 aromatic heterocycles. The Balaban J connectivity index is 1.99. The summed E-state index contributed by atoms with van der Waals surface area (Å²) in [4.78, 5) is 4.25. The third-order valence-corrected chi connectivity index (χ3v) is 4.21. The van der Waals surface area contributed by atoms with Gasteiger partial charge in [-0.05, 0) is 31.9 Å². The minimum absolute atomic E-state index is 0.306. The molecule has 0 spiro atoms. The fourth-order valence-electron chi connectivity index (χ4n) is 2.79. The number of aliphatic hydroxyl groups excluding tert-OH is 1. The SMILES string of the molecule is C=C/C(=C\N=C/COCC1=C(C)CCC=C1O)c1ccccc1OC(C)(C)F. The molecule has 0 amide bonds. The first kappa shape index (κ1) is 21.6. The van der Waals surface area contributed by atoms with E-state index in [2.05, 4.69) is 11.6 Å². The van der Waals surface area contributed by atoms with E-state index >= 15 is 0 Å². The number of aliphatic imine (C=N–C) groups is 1. The van der Waals surface area contributed by atoms with Gasteiger partial charge in [0.2, 0.25) is 5.85 Å². The molecule has 1 aromatic carbocycles. The van der Waals surface area contributed by atoms with Crippen LogP contribution in [0.25, 0.3) is 5.57 Å². The van der Waals surface area contributed by atoms with Crippen LogP contribution in [0.4, 0.5) is 4.39 Å². The molecule has 0 bridgehead atoms. The van der Waals surface area contributed by atoms with Crippen molar-refractivity contribution in [3.05, 3.63) is 71.7 Å². The first-order chi connectivity index (χ1) is 13.3. The highest BCUT2D eigenvalue weighted by Gasteiger charge is 2.19. The highest BCUT2D eigenvalue weighted by atomic mass is 19.2. The molecular formula is C23H28FNO3. The van der Waals surface area contributed by atoms with Crippen LogP contribution in [-0.2, 0) is 4.74 Å². The minimum Gasteiger partial charge on any atom is -0.508 e. The molecule has 0 fully saturated rings. The molecule has 2 rings (SSSR count). The Hall–Kier alpha value is -2.66. The van der Waals surface area contributed by atoms with E-state index in [4.69, 9.17) is 9.47 Å². The summed E-state index contributed by atoms with van der Waals surface area (Å²) in [7, 11) is 0. The van der Waals surface area contributed by atoms with Crippen LogP contribution in [0.5, 0.6) is 5.75 Å². The number of ether oxygens (including phenoxy) is 2. The monoisotopic (exact) mass is 385 g/mol. The zero-order valence-corrected chi connectivity index (χ0v) is 16.7. The van der Waals surface area contributed by atoms with Crippen molar-refractivity contribution < 1.29 is 19.0 Å². The Labute approximate surface area is 166 Å². The average Bonchev–Trinajstić information content (AvgIpc) is 2.63. The molecule has 1 N–H and O–H groups in total. The summed E-state index contributed by atoms with van der Waals surface area (Å²) < 4.78 is 24.9. The first-order valence-electron chi connectivity index (χ1n) is 9.29. The summed E-state index contributed by atoms with van der Waals surface area (Å²) in [6.45, 7) is 9.17. The fraction of sp³-hybridized carbons (Fsp3) is 0.348. The van der Waals surface area contributed by atoms with Crippen molar-refractivity contribution in [1.29, 1.82) is 0 Å². The normalized spacial score (nSPS) is 15.7. The molecule has 1 aliphatic rings. The molecule has 28 heavy (non-hydrogen) atoms. The average molecular weight is 385 g/mol. The van der Waals surface area contributed by atoms with Crippen molar-refractivity contribution in [1.82, 2.24) is 0 Å². The van der Waals surface area contributed by atoms with E-state index in [-0.39, 0.29) is 0 Å². The van der Waals surface area contributed by atoms with Crippen LogP contribution in [0, 0.1) is 0 Å². The summed E-state index contributed by atoms with van der Waals surface area (Å²) in [6.07, 6.45) is 8.53. The highest BCUT2D eigenvalue weighted by Crippen LogP contribution is 2.30. The van der Waals surface area contributed by atoms with E-state index in [1.807, 2.05) is 25.1 Å². The smallest absolute Gasteiger partial charge is 0.242 e. The maximum absolute atomic E-state index is 13.9. The van der Waals surface area contributed by atoms with Crippen LogP contribution in [0.1, 0.15) is 39.2 Å². The Bertz CT molecular complexity index is 813. The van der Waals surface area contributed by atoms with E-state index < -0.39 is 5.85 Å². The molecule has 0 atom stereocenters. The summed E-state index contributed by atoms with van der Waals surface area (Å²) in [6, 6.07) is 7.17. The number of hydrogen-bond acceptors (Lipinski definition) is 4. The van der Waals surface area contributed by atoms with Crippen molar-refractivity contribution in [2.75, 3.05) is 13.2 Å². The molecule has 1 aliphatic carbocycles. The molecule has 4 nitrogen and oxygen atoms in total. The number of para-hydroxylation sites is 1. The van der Waals surface area contributed by atoms with E-state index in [0.29, 0.717) is 35.9 Å². The molecule has 0 unspecified atom stereocenters. The maximum Gasteiger partial charge on any atom is 0.242 e. The molecule has 0 radical (unpaired) electrons. The minimum atomic E-state index is -1.79. The topological polar surface area (TPSA) is 51.0 Å².